The van der Waals surface area contributed by atoms with Crippen LogP contribution in [0.2, 0.25) is 0 Å². The Bertz CT molecular complexity index is 118. The van der Waals surface area contributed by atoms with Gasteiger partial charge in [-0.3, -0.25) is 0 Å². The molecule has 0 aromatic rings. The Labute approximate surface area is 89.8 Å². The zero-order valence-electron chi connectivity index (χ0n) is 9.80. The molecule has 0 saturated carbocycles. The van der Waals surface area contributed by atoms with Crippen LogP contribution >= 0.6 is 0 Å². The molecule has 1 heteroatoms. The molecular formula is C13H27N. The molecule has 1 nitrogen and oxygen atoms in total. The first-order chi connectivity index (χ1) is 6.91. The van der Waals surface area contributed by atoms with E-state index in [4.69, 9.17) is 5.73 Å². The summed E-state index contributed by atoms with van der Waals surface area (Å²) in [6, 6.07) is 0. The lowest BCUT2D eigenvalue weighted by Gasteiger charge is -1.98. The summed E-state index contributed by atoms with van der Waals surface area (Å²) < 4.78 is 0. The minimum absolute atomic E-state index is 0.861. The van der Waals surface area contributed by atoms with Gasteiger partial charge in [0.25, 0.3) is 0 Å². The van der Waals surface area contributed by atoms with E-state index in [2.05, 4.69) is 19.1 Å². The molecule has 0 spiro atoms. The number of hydrogen-bond acceptors (Lipinski definition) is 1. The highest BCUT2D eigenvalue weighted by atomic mass is 14.5. The second-order valence-corrected chi connectivity index (χ2v) is 3.96. The molecule has 0 aliphatic carbocycles. The molecule has 0 fully saturated rings. The molecular weight excluding hydrogens is 170 g/mol. The summed E-state index contributed by atoms with van der Waals surface area (Å²) >= 11 is 0. The Morgan fingerprint density at radius 2 is 1.36 bits per heavy atom. The summed E-state index contributed by atoms with van der Waals surface area (Å²) in [5, 5.41) is 0. The van der Waals surface area contributed by atoms with Crippen LogP contribution < -0.4 is 5.73 Å². The van der Waals surface area contributed by atoms with Gasteiger partial charge in [0.05, 0.1) is 0 Å². The van der Waals surface area contributed by atoms with Crippen LogP contribution in [0.3, 0.4) is 0 Å². The van der Waals surface area contributed by atoms with Crippen molar-refractivity contribution in [3.05, 3.63) is 12.2 Å². The maximum Gasteiger partial charge on any atom is -0.00773 e. The molecule has 0 amide bonds. The first-order valence-corrected chi connectivity index (χ1v) is 6.27. The van der Waals surface area contributed by atoms with Gasteiger partial charge in [-0.25, -0.2) is 0 Å². The minimum atomic E-state index is 0.861. The molecule has 0 aromatic heterocycles. The molecule has 0 aliphatic heterocycles. The molecule has 0 radical (unpaired) electrons. The van der Waals surface area contributed by atoms with Crippen molar-refractivity contribution < 1.29 is 0 Å². The van der Waals surface area contributed by atoms with Crippen molar-refractivity contribution in [3.63, 3.8) is 0 Å². The highest BCUT2D eigenvalue weighted by Gasteiger charge is 1.88. The summed E-state index contributed by atoms with van der Waals surface area (Å²) in [6.45, 7) is 3.08. The van der Waals surface area contributed by atoms with E-state index >= 15 is 0 Å². The number of nitrogens with two attached hydrogens (primary N) is 1. The van der Waals surface area contributed by atoms with Gasteiger partial charge in [-0.1, -0.05) is 51.2 Å². The molecule has 0 aromatic carbocycles. The van der Waals surface area contributed by atoms with E-state index in [1.165, 1.54) is 57.8 Å². The van der Waals surface area contributed by atoms with Gasteiger partial charge in [0, 0.05) is 0 Å². The van der Waals surface area contributed by atoms with Crippen LogP contribution in [0.1, 0.15) is 64.7 Å². The Balaban J connectivity index is 2.91. The lowest BCUT2D eigenvalue weighted by atomic mass is 10.1. The molecule has 0 rings (SSSR count). The maximum absolute atomic E-state index is 5.43. The van der Waals surface area contributed by atoms with Crippen molar-refractivity contribution in [3.8, 4) is 0 Å². The van der Waals surface area contributed by atoms with Crippen molar-refractivity contribution in [2.75, 3.05) is 6.54 Å². The van der Waals surface area contributed by atoms with Crippen LogP contribution in [0.4, 0.5) is 0 Å². The Morgan fingerprint density at radius 3 is 2.00 bits per heavy atom. The van der Waals surface area contributed by atoms with E-state index in [1.807, 2.05) is 0 Å². The lowest BCUT2D eigenvalue weighted by Crippen LogP contribution is -1.97. The largest absolute Gasteiger partial charge is 0.330 e. The van der Waals surface area contributed by atoms with Gasteiger partial charge in [0.15, 0.2) is 0 Å². The third kappa shape index (κ3) is 11.7. The van der Waals surface area contributed by atoms with E-state index in [1.54, 1.807) is 0 Å². The molecule has 0 atom stereocenters. The Hall–Kier alpha value is -0.300. The molecule has 0 bridgehead atoms. The number of rotatable bonds is 10. The monoisotopic (exact) mass is 197 g/mol. The quantitative estimate of drug-likeness (QED) is 0.415. The van der Waals surface area contributed by atoms with E-state index < -0.39 is 0 Å². The van der Waals surface area contributed by atoms with Crippen molar-refractivity contribution in [2.45, 2.75) is 64.7 Å². The number of unbranched alkanes of at least 4 members (excludes halogenated alkanes) is 7. The van der Waals surface area contributed by atoms with Crippen LogP contribution in [-0.4, -0.2) is 6.54 Å². The van der Waals surface area contributed by atoms with Crippen LogP contribution in [0, 0.1) is 0 Å². The molecule has 0 saturated heterocycles. The van der Waals surface area contributed by atoms with Crippen molar-refractivity contribution in [1.29, 1.82) is 0 Å². The third-order valence-corrected chi connectivity index (χ3v) is 2.45. The number of allylic oxidation sites excluding steroid dienone is 2. The zero-order chi connectivity index (χ0) is 10.5. The van der Waals surface area contributed by atoms with Gasteiger partial charge in [-0.05, 0) is 32.2 Å². The summed E-state index contributed by atoms with van der Waals surface area (Å²) in [6.07, 6.45) is 16.5. The predicted octanol–water partition coefficient (Wildman–Crippen LogP) is 4.03. The topological polar surface area (TPSA) is 26.0 Å². The predicted molar refractivity (Wildman–Crippen MR) is 65.4 cm³/mol. The smallest absolute Gasteiger partial charge is 0.00773 e. The highest BCUT2D eigenvalue weighted by Crippen LogP contribution is 2.07. The second kappa shape index (κ2) is 12.7. The summed E-state index contributed by atoms with van der Waals surface area (Å²) in [5.74, 6) is 0. The fourth-order valence-corrected chi connectivity index (χ4v) is 1.52. The van der Waals surface area contributed by atoms with E-state index in [-0.39, 0.29) is 0 Å². The van der Waals surface area contributed by atoms with Gasteiger partial charge in [0.2, 0.25) is 0 Å². The van der Waals surface area contributed by atoms with Crippen LogP contribution in [0.15, 0.2) is 12.2 Å². The van der Waals surface area contributed by atoms with Gasteiger partial charge in [-0.2, -0.15) is 0 Å². The fourth-order valence-electron chi connectivity index (χ4n) is 1.52. The van der Waals surface area contributed by atoms with Gasteiger partial charge >= 0.3 is 0 Å². The maximum atomic E-state index is 5.43. The van der Waals surface area contributed by atoms with Crippen LogP contribution in [0.5, 0.6) is 0 Å². The Kier molecular flexibility index (Phi) is 12.4. The fraction of sp³-hybridized carbons (Fsp3) is 0.846. The summed E-state index contributed by atoms with van der Waals surface area (Å²) in [7, 11) is 0. The molecule has 0 heterocycles. The van der Waals surface area contributed by atoms with Gasteiger partial charge < -0.3 is 5.73 Å². The molecule has 84 valence electrons. The normalized spacial score (nSPS) is 11.3. The standard InChI is InChI=1S/C13H27N/c1-2-3-4-5-6-7-8-9-10-11-12-13-14/h4-5H,2-3,6-14H2,1H3. The minimum Gasteiger partial charge on any atom is -0.330 e. The molecule has 14 heavy (non-hydrogen) atoms. The van der Waals surface area contributed by atoms with Crippen LogP contribution in [-0.2, 0) is 0 Å². The van der Waals surface area contributed by atoms with Crippen molar-refractivity contribution in [2.24, 2.45) is 5.73 Å². The third-order valence-electron chi connectivity index (χ3n) is 2.45. The molecule has 0 aliphatic rings. The first-order valence-electron chi connectivity index (χ1n) is 6.27. The first kappa shape index (κ1) is 13.7. The number of hydrogen-bond donors (Lipinski definition) is 1. The lowest BCUT2D eigenvalue weighted by molar-refractivity contribution is 0.600. The van der Waals surface area contributed by atoms with E-state index in [0.29, 0.717) is 0 Å². The zero-order valence-corrected chi connectivity index (χ0v) is 9.80. The van der Waals surface area contributed by atoms with Crippen LogP contribution in [0.25, 0.3) is 0 Å². The van der Waals surface area contributed by atoms with Crippen molar-refractivity contribution >= 4 is 0 Å². The summed E-state index contributed by atoms with van der Waals surface area (Å²) in [5.41, 5.74) is 5.43. The van der Waals surface area contributed by atoms with E-state index in [0.717, 1.165) is 6.54 Å². The molecule has 2 N–H and O–H groups in total. The van der Waals surface area contributed by atoms with E-state index in [9.17, 15) is 0 Å². The average molecular weight is 197 g/mol. The van der Waals surface area contributed by atoms with Crippen molar-refractivity contribution in [1.82, 2.24) is 0 Å². The highest BCUT2D eigenvalue weighted by molar-refractivity contribution is 4.80. The summed E-state index contributed by atoms with van der Waals surface area (Å²) in [4.78, 5) is 0. The van der Waals surface area contributed by atoms with Gasteiger partial charge in [0.1, 0.15) is 0 Å². The SMILES string of the molecule is CCCC=CCCCCCCCCN. The Morgan fingerprint density at radius 1 is 0.786 bits per heavy atom. The average Bonchev–Trinajstić information content (AvgIpc) is 2.21. The molecule has 0 unspecified atom stereocenters. The van der Waals surface area contributed by atoms with Gasteiger partial charge in [-0.15, -0.1) is 0 Å². The second-order valence-electron chi connectivity index (χ2n) is 3.96.